The Labute approximate surface area is 81.9 Å². The topological polar surface area (TPSA) is 58.4 Å². The summed E-state index contributed by atoms with van der Waals surface area (Å²) in [5.41, 5.74) is 0.291. The van der Waals surface area contributed by atoms with Gasteiger partial charge in [-0.15, -0.1) is 0 Å². The van der Waals surface area contributed by atoms with E-state index in [9.17, 15) is 4.79 Å². The van der Waals surface area contributed by atoms with E-state index < -0.39 is 5.97 Å². The van der Waals surface area contributed by atoms with Crippen LogP contribution in [-0.2, 0) is 6.54 Å². The Balaban J connectivity index is 2.46. The molecule has 0 spiro atoms. The third-order valence-corrected chi connectivity index (χ3v) is 2.47. The molecule has 76 valence electrons. The lowest BCUT2D eigenvalue weighted by Crippen LogP contribution is -2.35. The highest BCUT2D eigenvalue weighted by Crippen LogP contribution is 2.25. The summed E-state index contributed by atoms with van der Waals surface area (Å²) in [4.78, 5) is 12.8. The molecule has 1 aromatic rings. The molecule has 1 aliphatic heterocycles. The van der Waals surface area contributed by atoms with Crippen molar-refractivity contribution in [3.63, 3.8) is 0 Å². The van der Waals surface area contributed by atoms with Gasteiger partial charge in [0.1, 0.15) is 11.4 Å². The molecule has 1 aliphatic rings. The first-order chi connectivity index (χ1) is 6.59. The molecule has 0 bridgehead atoms. The van der Waals surface area contributed by atoms with Crippen LogP contribution in [0.1, 0.15) is 17.3 Å². The lowest BCUT2D eigenvalue weighted by molar-refractivity contribution is 0.0697. The van der Waals surface area contributed by atoms with Crippen LogP contribution in [0, 0.1) is 5.92 Å². The van der Waals surface area contributed by atoms with Gasteiger partial charge in [-0.1, -0.05) is 6.92 Å². The summed E-state index contributed by atoms with van der Waals surface area (Å²) >= 11 is 0. The molecule has 0 amide bonds. The van der Waals surface area contributed by atoms with Gasteiger partial charge in [-0.25, -0.2) is 9.48 Å². The van der Waals surface area contributed by atoms with Gasteiger partial charge in [-0.3, -0.25) is 0 Å². The SMILES string of the molecule is CC1CN(C)c2c(C(=O)O)cnn2C1. The first kappa shape index (κ1) is 9.05. The standard InChI is InChI=1S/C9H13N3O2/c1-6-4-11(2)8-7(9(13)14)3-10-12(8)5-6/h3,6H,4-5H2,1-2H3,(H,13,14). The first-order valence-electron chi connectivity index (χ1n) is 4.60. The highest BCUT2D eigenvalue weighted by molar-refractivity contribution is 5.93. The molecule has 1 unspecified atom stereocenters. The Morgan fingerprint density at radius 1 is 1.64 bits per heavy atom. The second-order valence-corrected chi connectivity index (χ2v) is 3.85. The zero-order chi connectivity index (χ0) is 10.3. The Morgan fingerprint density at radius 2 is 2.36 bits per heavy atom. The van der Waals surface area contributed by atoms with Crippen molar-refractivity contribution in [2.45, 2.75) is 13.5 Å². The van der Waals surface area contributed by atoms with E-state index in [1.165, 1.54) is 6.20 Å². The highest BCUT2D eigenvalue weighted by Gasteiger charge is 2.25. The first-order valence-corrected chi connectivity index (χ1v) is 4.60. The van der Waals surface area contributed by atoms with Gasteiger partial charge in [-0.05, 0) is 5.92 Å². The van der Waals surface area contributed by atoms with Gasteiger partial charge in [-0.2, -0.15) is 5.10 Å². The summed E-state index contributed by atoms with van der Waals surface area (Å²) in [6.45, 7) is 3.81. The summed E-state index contributed by atoms with van der Waals surface area (Å²) in [5.74, 6) is 0.317. The number of aromatic carboxylic acids is 1. The van der Waals surface area contributed by atoms with Crippen molar-refractivity contribution < 1.29 is 9.90 Å². The molecular formula is C9H13N3O2. The summed E-state index contributed by atoms with van der Waals surface area (Å²) in [5, 5.41) is 13.0. The molecule has 2 heterocycles. The normalized spacial score (nSPS) is 20.7. The fourth-order valence-electron chi connectivity index (χ4n) is 1.97. The predicted octanol–water partition coefficient (Wildman–Crippen LogP) is 0.667. The van der Waals surface area contributed by atoms with E-state index in [1.54, 1.807) is 4.68 Å². The number of rotatable bonds is 1. The number of hydrogen-bond acceptors (Lipinski definition) is 3. The molecule has 14 heavy (non-hydrogen) atoms. The van der Waals surface area contributed by atoms with E-state index >= 15 is 0 Å². The van der Waals surface area contributed by atoms with Crippen LogP contribution >= 0.6 is 0 Å². The molecule has 0 aliphatic carbocycles. The van der Waals surface area contributed by atoms with E-state index in [-0.39, 0.29) is 0 Å². The van der Waals surface area contributed by atoms with Crippen LogP contribution in [-0.4, -0.2) is 34.4 Å². The average molecular weight is 195 g/mol. The molecule has 0 fully saturated rings. The van der Waals surface area contributed by atoms with E-state index in [2.05, 4.69) is 12.0 Å². The second-order valence-electron chi connectivity index (χ2n) is 3.85. The Morgan fingerprint density at radius 3 is 3.00 bits per heavy atom. The fourth-order valence-corrected chi connectivity index (χ4v) is 1.97. The zero-order valence-corrected chi connectivity index (χ0v) is 8.27. The van der Waals surface area contributed by atoms with Crippen molar-refractivity contribution in [2.24, 2.45) is 5.92 Å². The Bertz CT molecular complexity index is 372. The lowest BCUT2D eigenvalue weighted by Gasteiger charge is -2.30. The minimum atomic E-state index is -0.910. The highest BCUT2D eigenvalue weighted by atomic mass is 16.4. The molecule has 1 aromatic heterocycles. The van der Waals surface area contributed by atoms with Gasteiger partial charge >= 0.3 is 5.97 Å². The molecule has 2 rings (SSSR count). The molecule has 0 saturated carbocycles. The van der Waals surface area contributed by atoms with Crippen LogP contribution < -0.4 is 4.90 Å². The number of carboxylic acids is 1. The number of nitrogens with zero attached hydrogens (tertiary/aromatic N) is 3. The largest absolute Gasteiger partial charge is 0.477 e. The maximum atomic E-state index is 10.9. The van der Waals surface area contributed by atoms with Gasteiger partial charge in [0.2, 0.25) is 0 Å². The summed E-state index contributed by atoms with van der Waals surface area (Å²) in [6.07, 6.45) is 1.42. The molecule has 0 saturated heterocycles. The number of anilines is 1. The molecule has 1 N–H and O–H groups in total. The van der Waals surface area contributed by atoms with Crippen molar-refractivity contribution in [1.29, 1.82) is 0 Å². The fraction of sp³-hybridized carbons (Fsp3) is 0.556. The van der Waals surface area contributed by atoms with E-state index in [0.717, 1.165) is 18.9 Å². The van der Waals surface area contributed by atoms with Gasteiger partial charge in [0, 0.05) is 20.1 Å². The molecular weight excluding hydrogens is 182 g/mol. The monoisotopic (exact) mass is 195 g/mol. The number of carboxylic acid groups (broad SMARTS) is 1. The van der Waals surface area contributed by atoms with Crippen molar-refractivity contribution in [2.75, 3.05) is 18.5 Å². The minimum absolute atomic E-state index is 0.291. The van der Waals surface area contributed by atoms with Crippen LogP contribution in [0.3, 0.4) is 0 Å². The maximum absolute atomic E-state index is 10.9. The molecule has 5 nitrogen and oxygen atoms in total. The van der Waals surface area contributed by atoms with E-state index in [1.807, 2.05) is 11.9 Å². The molecule has 1 atom stereocenters. The molecule has 0 radical (unpaired) electrons. The third kappa shape index (κ3) is 1.25. The van der Waals surface area contributed by atoms with Gasteiger partial charge < -0.3 is 10.0 Å². The molecule has 0 aromatic carbocycles. The van der Waals surface area contributed by atoms with E-state index in [0.29, 0.717) is 11.5 Å². The Kier molecular flexibility index (Phi) is 1.94. The predicted molar refractivity (Wildman–Crippen MR) is 51.6 cm³/mol. The van der Waals surface area contributed by atoms with Crippen molar-refractivity contribution in [3.8, 4) is 0 Å². The van der Waals surface area contributed by atoms with Crippen LogP contribution in [0.15, 0.2) is 6.20 Å². The number of aromatic nitrogens is 2. The van der Waals surface area contributed by atoms with Crippen LogP contribution in [0.5, 0.6) is 0 Å². The summed E-state index contributed by atoms with van der Waals surface area (Å²) in [7, 11) is 1.90. The Hall–Kier alpha value is -1.52. The maximum Gasteiger partial charge on any atom is 0.341 e. The van der Waals surface area contributed by atoms with E-state index in [4.69, 9.17) is 5.11 Å². The average Bonchev–Trinajstić information content (AvgIpc) is 2.47. The zero-order valence-electron chi connectivity index (χ0n) is 8.27. The number of hydrogen-bond donors (Lipinski definition) is 1. The number of fused-ring (bicyclic) bond motifs is 1. The third-order valence-electron chi connectivity index (χ3n) is 2.47. The van der Waals surface area contributed by atoms with Crippen molar-refractivity contribution in [3.05, 3.63) is 11.8 Å². The van der Waals surface area contributed by atoms with Crippen LogP contribution in [0.25, 0.3) is 0 Å². The minimum Gasteiger partial charge on any atom is -0.477 e. The van der Waals surface area contributed by atoms with Crippen LogP contribution in [0.2, 0.25) is 0 Å². The van der Waals surface area contributed by atoms with Crippen molar-refractivity contribution in [1.82, 2.24) is 9.78 Å². The van der Waals surface area contributed by atoms with Crippen molar-refractivity contribution >= 4 is 11.8 Å². The number of carbonyl (C=O) groups is 1. The lowest BCUT2D eigenvalue weighted by atomic mass is 10.1. The smallest absolute Gasteiger partial charge is 0.341 e. The van der Waals surface area contributed by atoms with Gasteiger partial charge in [0.15, 0.2) is 0 Å². The summed E-state index contributed by atoms with van der Waals surface area (Å²) in [6, 6.07) is 0. The second kappa shape index (κ2) is 3.01. The molecule has 5 heteroatoms. The van der Waals surface area contributed by atoms with Gasteiger partial charge in [0.05, 0.1) is 6.20 Å². The summed E-state index contributed by atoms with van der Waals surface area (Å²) < 4.78 is 1.76. The van der Waals surface area contributed by atoms with Gasteiger partial charge in [0.25, 0.3) is 0 Å². The quantitative estimate of drug-likeness (QED) is 0.715. The van der Waals surface area contributed by atoms with Crippen LogP contribution in [0.4, 0.5) is 5.82 Å².